The van der Waals surface area contributed by atoms with E-state index in [4.69, 9.17) is 10.9 Å². The van der Waals surface area contributed by atoms with Crippen LogP contribution in [0.5, 0.6) is 0 Å². The van der Waals surface area contributed by atoms with Crippen LogP contribution in [-0.2, 0) is 7.05 Å². The van der Waals surface area contributed by atoms with Crippen LogP contribution < -0.4 is 11.1 Å². The predicted molar refractivity (Wildman–Crippen MR) is 62.9 cm³/mol. The van der Waals surface area contributed by atoms with Gasteiger partial charge in [-0.25, -0.2) is 0 Å². The molecule has 0 fully saturated rings. The molecule has 0 aliphatic carbocycles. The molecule has 1 aromatic rings. The summed E-state index contributed by atoms with van der Waals surface area (Å²) in [6.45, 7) is 2.26. The summed E-state index contributed by atoms with van der Waals surface area (Å²) in [6.07, 6.45) is 2.75. The summed E-state index contributed by atoms with van der Waals surface area (Å²) in [6, 6.07) is 0. The van der Waals surface area contributed by atoms with Gasteiger partial charge < -0.3 is 16.3 Å². The first-order valence-electron chi connectivity index (χ1n) is 5.29. The molecule has 7 nitrogen and oxygen atoms in total. The molecule has 0 unspecified atom stereocenters. The molecule has 94 valence electrons. The number of hydrogen-bond acceptors (Lipinski definition) is 4. The standard InChI is InChI=1S/C10H17N5O2/c1-7-8(6-15(2)13-7)10(16)12-5-3-4-9(11)14-17/h6,17H,3-5H2,1-2H3,(H2,11,14)(H,12,16). The highest BCUT2D eigenvalue weighted by Crippen LogP contribution is 2.03. The highest BCUT2D eigenvalue weighted by atomic mass is 16.4. The van der Waals surface area contributed by atoms with Crippen molar-refractivity contribution < 1.29 is 10.0 Å². The summed E-state index contributed by atoms with van der Waals surface area (Å²) in [7, 11) is 1.77. The van der Waals surface area contributed by atoms with Gasteiger partial charge in [0.15, 0.2) is 0 Å². The summed E-state index contributed by atoms with van der Waals surface area (Å²) < 4.78 is 1.60. The third-order valence-corrected chi connectivity index (χ3v) is 2.28. The van der Waals surface area contributed by atoms with Crippen LogP contribution in [0.25, 0.3) is 0 Å². The Kier molecular flexibility index (Phi) is 4.50. The lowest BCUT2D eigenvalue weighted by molar-refractivity contribution is 0.0952. The second-order valence-corrected chi connectivity index (χ2v) is 3.75. The quantitative estimate of drug-likeness (QED) is 0.221. The molecular weight excluding hydrogens is 222 g/mol. The number of aromatic nitrogens is 2. The molecule has 0 radical (unpaired) electrons. The SMILES string of the molecule is Cc1nn(C)cc1C(=O)NCCC/C(N)=N/O. The molecule has 4 N–H and O–H groups in total. The molecule has 0 spiro atoms. The highest BCUT2D eigenvalue weighted by Gasteiger charge is 2.11. The highest BCUT2D eigenvalue weighted by molar-refractivity contribution is 5.95. The summed E-state index contributed by atoms with van der Waals surface area (Å²) >= 11 is 0. The largest absolute Gasteiger partial charge is 0.409 e. The molecule has 0 bridgehead atoms. The fourth-order valence-corrected chi connectivity index (χ4v) is 1.44. The number of amides is 1. The molecule has 0 saturated carbocycles. The third kappa shape index (κ3) is 3.78. The number of oxime groups is 1. The van der Waals surface area contributed by atoms with Crippen LogP contribution in [0.15, 0.2) is 11.4 Å². The molecule has 0 aliphatic rings. The maximum absolute atomic E-state index is 11.7. The number of aryl methyl sites for hydroxylation is 2. The Morgan fingerprint density at radius 3 is 2.94 bits per heavy atom. The number of rotatable bonds is 5. The van der Waals surface area contributed by atoms with Crippen LogP contribution in [0.1, 0.15) is 28.9 Å². The summed E-state index contributed by atoms with van der Waals surface area (Å²) in [5.41, 5.74) is 6.56. The monoisotopic (exact) mass is 239 g/mol. The van der Waals surface area contributed by atoms with Gasteiger partial charge >= 0.3 is 0 Å². The topological polar surface area (TPSA) is 106 Å². The zero-order valence-electron chi connectivity index (χ0n) is 9.97. The van der Waals surface area contributed by atoms with Gasteiger partial charge in [0.25, 0.3) is 5.91 Å². The lowest BCUT2D eigenvalue weighted by Gasteiger charge is -2.03. The maximum Gasteiger partial charge on any atom is 0.254 e. The Labute approximate surface area is 99.3 Å². The van der Waals surface area contributed by atoms with Crippen molar-refractivity contribution in [2.24, 2.45) is 17.9 Å². The Bertz CT molecular complexity index is 424. The van der Waals surface area contributed by atoms with Gasteiger partial charge in [0.2, 0.25) is 0 Å². The number of amidine groups is 1. The molecule has 1 rings (SSSR count). The van der Waals surface area contributed by atoms with E-state index in [2.05, 4.69) is 15.6 Å². The number of nitrogens with one attached hydrogen (secondary N) is 1. The average Bonchev–Trinajstić information content (AvgIpc) is 2.63. The van der Waals surface area contributed by atoms with Gasteiger partial charge in [0, 0.05) is 26.2 Å². The second-order valence-electron chi connectivity index (χ2n) is 3.75. The Morgan fingerprint density at radius 1 is 1.71 bits per heavy atom. The van der Waals surface area contributed by atoms with E-state index < -0.39 is 0 Å². The van der Waals surface area contributed by atoms with Gasteiger partial charge in [-0.05, 0) is 13.3 Å². The van der Waals surface area contributed by atoms with Crippen molar-refractivity contribution in [3.63, 3.8) is 0 Å². The minimum atomic E-state index is -0.157. The number of carbonyl (C=O) groups excluding carboxylic acids is 1. The fraction of sp³-hybridized carbons (Fsp3) is 0.500. The summed E-state index contributed by atoms with van der Waals surface area (Å²) in [5.74, 6) is 0.00640. The van der Waals surface area contributed by atoms with E-state index in [9.17, 15) is 4.79 Å². The van der Waals surface area contributed by atoms with Crippen molar-refractivity contribution in [3.8, 4) is 0 Å². The van der Waals surface area contributed by atoms with Gasteiger partial charge in [-0.2, -0.15) is 5.10 Å². The maximum atomic E-state index is 11.7. The number of carbonyl (C=O) groups is 1. The molecule has 1 aromatic heterocycles. The van der Waals surface area contributed by atoms with Crippen molar-refractivity contribution in [2.75, 3.05) is 6.54 Å². The van der Waals surface area contributed by atoms with Crippen LogP contribution in [0, 0.1) is 6.92 Å². The van der Waals surface area contributed by atoms with Crippen molar-refractivity contribution in [1.82, 2.24) is 15.1 Å². The molecule has 17 heavy (non-hydrogen) atoms. The molecule has 7 heteroatoms. The van der Waals surface area contributed by atoms with E-state index in [0.29, 0.717) is 30.6 Å². The van der Waals surface area contributed by atoms with Gasteiger partial charge in [-0.1, -0.05) is 5.16 Å². The van der Waals surface area contributed by atoms with Crippen molar-refractivity contribution in [1.29, 1.82) is 0 Å². The Balaban J connectivity index is 2.38. The normalized spacial score (nSPS) is 11.5. The van der Waals surface area contributed by atoms with Crippen LogP contribution in [-0.4, -0.2) is 33.3 Å². The van der Waals surface area contributed by atoms with E-state index >= 15 is 0 Å². The number of nitrogens with zero attached hydrogens (tertiary/aromatic N) is 3. The van der Waals surface area contributed by atoms with Crippen LogP contribution in [0.2, 0.25) is 0 Å². The fourth-order valence-electron chi connectivity index (χ4n) is 1.44. The van der Waals surface area contributed by atoms with Crippen molar-refractivity contribution in [2.45, 2.75) is 19.8 Å². The number of nitrogens with two attached hydrogens (primary N) is 1. The van der Waals surface area contributed by atoms with Gasteiger partial charge in [-0.3, -0.25) is 9.48 Å². The van der Waals surface area contributed by atoms with Gasteiger partial charge in [0.1, 0.15) is 5.84 Å². The van der Waals surface area contributed by atoms with Gasteiger partial charge in [-0.15, -0.1) is 0 Å². The minimum Gasteiger partial charge on any atom is -0.409 e. The Morgan fingerprint density at radius 2 is 2.41 bits per heavy atom. The van der Waals surface area contributed by atoms with Crippen LogP contribution >= 0.6 is 0 Å². The van der Waals surface area contributed by atoms with Crippen LogP contribution in [0.3, 0.4) is 0 Å². The van der Waals surface area contributed by atoms with E-state index in [1.165, 1.54) is 0 Å². The van der Waals surface area contributed by atoms with Gasteiger partial charge in [0.05, 0.1) is 11.3 Å². The molecule has 1 heterocycles. The first kappa shape index (κ1) is 13.0. The lowest BCUT2D eigenvalue weighted by Crippen LogP contribution is -2.25. The van der Waals surface area contributed by atoms with E-state index in [1.807, 2.05) is 0 Å². The van der Waals surface area contributed by atoms with E-state index in [-0.39, 0.29) is 11.7 Å². The number of hydrogen-bond donors (Lipinski definition) is 3. The molecule has 1 amide bonds. The lowest BCUT2D eigenvalue weighted by atomic mass is 10.2. The van der Waals surface area contributed by atoms with Crippen LogP contribution in [0.4, 0.5) is 0 Å². The van der Waals surface area contributed by atoms with Crippen molar-refractivity contribution in [3.05, 3.63) is 17.5 Å². The molecule has 0 aliphatic heterocycles. The minimum absolute atomic E-state index is 0.157. The zero-order valence-corrected chi connectivity index (χ0v) is 9.97. The smallest absolute Gasteiger partial charge is 0.254 e. The second kappa shape index (κ2) is 5.88. The first-order chi connectivity index (χ1) is 8.04. The predicted octanol–water partition coefficient (Wildman–Crippen LogP) is -0.0151. The Hall–Kier alpha value is -2.05. The van der Waals surface area contributed by atoms with Crippen molar-refractivity contribution >= 4 is 11.7 Å². The molecular formula is C10H17N5O2. The third-order valence-electron chi connectivity index (χ3n) is 2.28. The summed E-state index contributed by atoms with van der Waals surface area (Å²) in [4.78, 5) is 11.7. The summed E-state index contributed by atoms with van der Waals surface area (Å²) in [5, 5.41) is 18.0. The van der Waals surface area contributed by atoms with E-state index in [1.54, 1.807) is 24.9 Å². The molecule has 0 aromatic carbocycles. The average molecular weight is 239 g/mol. The first-order valence-corrected chi connectivity index (χ1v) is 5.29. The zero-order chi connectivity index (χ0) is 12.8. The van der Waals surface area contributed by atoms with E-state index in [0.717, 1.165) is 0 Å². The molecule has 0 saturated heterocycles. The molecule has 0 atom stereocenters.